The molecule has 8 heteroatoms. The van der Waals surface area contributed by atoms with Gasteiger partial charge in [0.15, 0.2) is 5.16 Å². The fourth-order valence-electron chi connectivity index (χ4n) is 3.19. The normalized spacial score (nSPS) is 13.7. The van der Waals surface area contributed by atoms with E-state index < -0.39 is 0 Å². The largest absolute Gasteiger partial charge is 0.325 e. The van der Waals surface area contributed by atoms with Crippen LogP contribution in [0.2, 0.25) is 0 Å². The number of hydrogen-bond acceptors (Lipinski definition) is 4. The second-order valence-electron chi connectivity index (χ2n) is 6.59. The number of imidazole rings is 1. The van der Waals surface area contributed by atoms with E-state index in [2.05, 4.69) is 10.3 Å². The lowest BCUT2D eigenvalue weighted by Gasteiger charge is -2.16. The predicted octanol–water partition coefficient (Wildman–Crippen LogP) is 3.87. The average Bonchev–Trinajstić information content (AvgIpc) is 3.36. The highest BCUT2D eigenvalue weighted by Crippen LogP contribution is 2.24. The van der Waals surface area contributed by atoms with Crippen molar-refractivity contribution in [3.8, 4) is 5.69 Å². The van der Waals surface area contributed by atoms with Crippen LogP contribution in [0.15, 0.2) is 66.1 Å². The third kappa shape index (κ3) is 4.48. The molecule has 1 aromatic heterocycles. The molecule has 6 nitrogen and oxygen atoms in total. The predicted molar refractivity (Wildman–Crippen MR) is 111 cm³/mol. The minimum absolute atomic E-state index is 0.131. The number of benzene rings is 2. The molecule has 0 atom stereocenters. The van der Waals surface area contributed by atoms with E-state index in [1.807, 2.05) is 12.1 Å². The van der Waals surface area contributed by atoms with Gasteiger partial charge in [-0.25, -0.2) is 9.37 Å². The molecule has 1 saturated heterocycles. The molecular weight excluding hydrogens is 391 g/mol. The van der Waals surface area contributed by atoms with Crippen molar-refractivity contribution in [1.29, 1.82) is 0 Å². The van der Waals surface area contributed by atoms with Crippen LogP contribution in [0.4, 0.5) is 15.8 Å². The lowest BCUT2D eigenvalue weighted by molar-refractivity contribution is -0.117. The van der Waals surface area contributed by atoms with Gasteiger partial charge in [-0.05, 0) is 48.9 Å². The average molecular weight is 410 g/mol. The first kappa shape index (κ1) is 19.2. The maximum Gasteiger partial charge on any atom is 0.234 e. The summed E-state index contributed by atoms with van der Waals surface area (Å²) in [5.74, 6) is -0.205. The molecule has 1 aliphatic rings. The molecule has 0 unspecified atom stereocenters. The minimum atomic E-state index is -0.330. The van der Waals surface area contributed by atoms with Gasteiger partial charge in [0.1, 0.15) is 5.82 Å². The molecule has 29 heavy (non-hydrogen) atoms. The van der Waals surface area contributed by atoms with Crippen LogP contribution in [0.3, 0.4) is 0 Å². The van der Waals surface area contributed by atoms with Crippen molar-refractivity contribution in [2.24, 2.45) is 0 Å². The first-order valence-electron chi connectivity index (χ1n) is 9.22. The summed E-state index contributed by atoms with van der Waals surface area (Å²) in [7, 11) is 0. The number of amides is 2. The van der Waals surface area contributed by atoms with Crippen LogP contribution < -0.4 is 10.2 Å². The van der Waals surface area contributed by atoms with Crippen LogP contribution in [-0.4, -0.2) is 33.7 Å². The Hall–Kier alpha value is -3.13. The third-order valence-corrected chi connectivity index (χ3v) is 5.53. The van der Waals surface area contributed by atoms with Gasteiger partial charge in [0.05, 0.1) is 11.4 Å². The number of anilines is 2. The van der Waals surface area contributed by atoms with Gasteiger partial charge in [0, 0.05) is 36.7 Å². The monoisotopic (exact) mass is 410 g/mol. The van der Waals surface area contributed by atoms with E-state index in [1.54, 1.807) is 46.1 Å². The highest BCUT2D eigenvalue weighted by Gasteiger charge is 2.21. The Bertz CT molecular complexity index is 1040. The van der Waals surface area contributed by atoms with Gasteiger partial charge in [-0.1, -0.05) is 17.8 Å². The molecule has 0 aliphatic carbocycles. The van der Waals surface area contributed by atoms with Crippen LogP contribution in [0, 0.1) is 5.82 Å². The lowest BCUT2D eigenvalue weighted by Crippen LogP contribution is -2.23. The van der Waals surface area contributed by atoms with Crippen LogP contribution in [0.5, 0.6) is 0 Å². The SMILES string of the molecule is O=C(CSc1nccn1-c1cccc(F)c1)Nc1ccc(N2CCCC2=O)cc1. The summed E-state index contributed by atoms with van der Waals surface area (Å²) in [5.41, 5.74) is 2.16. The van der Waals surface area contributed by atoms with Gasteiger partial charge in [0.2, 0.25) is 11.8 Å². The zero-order chi connectivity index (χ0) is 20.2. The Labute approximate surface area is 171 Å². The maximum absolute atomic E-state index is 13.5. The van der Waals surface area contributed by atoms with Gasteiger partial charge >= 0.3 is 0 Å². The van der Waals surface area contributed by atoms with Crippen molar-refractivity contribution >= 4 is 35.0 Å². The van der Waals surface area contributed by atoms with E-state index in [0.29, 0.717) is 23.0 Å². The molecule has 4 rings (SSSR count). The number of thioether (sulfide) groups is 1. The first-order chi connectivity index (χ1) is 14.1. The van der Waals surface area contributed by atoms with E-state index in [4.69, 9.17) is 0 Å². The summed E-state index contributed by atoms with van der Waals surface area (Å²) in [4.78, 5) is 30.1. The first-order valence-corrected chi connectivity index (χ1v) is 10.2. The number of carbonyl (C=O) groups excluding carboxylic acids is 2. The van der Waals surface area contributed by atoms with Gasteiger partial charge < -0.3 is 10.2 Å². The fraction of sp³-hybridized carbons (Fsp3) is 0.190. The summed E-state index contributed by atoms with van der Waals surface area (Å²) >= 11 is 1.27. The second kappa shape index (κ2) is 8.48. The zero-order valence-corrected chi connectivity index (χ0v) is 16.4. The van der Waals surface area contributed by atoms with Gasteiger partial charge in [-0.2, -0.15) is 0 Å². The molecule has 2 aromatic carbocycles. The number of rotatable bonds is 6. The van der Waals surface area contributed by atoms with E-state index >= 15 is 0 Å². The summed E-state index contributed by atoms with van der Waals surface area (Å²) in [6, 6.07) is 13.5. The van der Waals surface area contributed by atoms with Crippen molar-refractivity contribution in [2.45, 2.75) is 18.0 Å². The van der Waals surface area contributed by atoms with Crippen LogP contribution in [-0.2, 0) is 9.59 Å². The Morgan fingerprint density at radius 1 is 1.17 bits per heavy atom. The van der Waals surface area contributed by atoms with E-state index in [0.717, 1.165) is 18.7 Å². The number of carbonyl (C=O) groups is 2. The molecule has 2 heterocycles. The lowest BCUT2D eigenvalue weighted by atomic mass is 10.2. The van der Waals surface area contributed by atoms with Crippen molar-refractivity contribution in [3.05, 3.63) is 66.7 Å². The summed E-state index contributed by atoms with van der Waals surface area (Å²) in [5, 5.41) is 3.45. The Morgan fingerprint density at radius 3 is 2.72 bits per heavy atom. The number of nitrogens with one attached hydrogen (secondary N) is 1. The molecule has 1 fully saturated rings. The molecule has 0 bridgehead atoms. The third-order valence-electron chi connectivity index (χ3n) is 4.56. The van der Waals surface area contributed by atoms with Crippen molar-refractivity contribution in [3.63, 3.8) is 0 Å². The highest BCUT2D eigenvalue weighted by molar-refractivity contribution is 7.99. The molecule has 1 aliphatic heterocycles. The van der Waals surface area contributed by atoms with Crippen molar-refractivity contribution in [1.82, 2.24) is 9.55 Å². The molecular formula is C21H19FN4O2S. The number of aromatic nitrogens is 2. The van der Waals surface area contributed by atoms with Crippen molar-refractivity contribution in [2.75, 3.05) is 22.5 Å². The molecule has 1 N–H and O–H groups in total. The van der Waals surface area contributed by atoms with E-state index in [-0.39, 0.29) is 23.4 Å². The Kier molecular flexibility index (Phi) is 5.62. The molecule has 3 aromatic rings. The summed E-state index contributed by atoms with van der Waals surface area (Å²) < 4.78 is 15.2. The molecule has 148 valence electrons. The fourth-order valence-corrected chi connectivity index (χ4v) is 3.97. The van der Waals surface area contributed by atoms with E-state index in [1.165, 1.54) is 23.9 Å². The topological polar surface area (TPSA) is 67.2 Å². The molecule has 2 amide bonds. The Morgan fingerprint density at radius 2 is 2.00 bits per heavy atom. The van der Waals surface area contributed by atoms with Crippen LogP contribution in [0.25, 0.3) is 5.69 Å². The number of halogens is 1. The van der Waals surface area contributed by atoms with Gasteiger partial charge in [-0.15, -0.1) is 0 Å². The molecule has 0 spiro atoms. The quantitative estimate of drug-likeness (QED) is 0.627. The molecule has 0 radical (unpaired) electrons. The summed E-state index contributed by atoms with van der Waals surface area (Å²) in [6.45, 7) is 0.735. The van der Waals surface area contributed by atoms with Crippen molar-refractivity contribution < 1.29 is 14.0 Å². The highest BCUT2D eigenvalue weighted by atomic mass is 32.2. The minimum Gasteiger partial charge on any atom is -0.325 e. The summed E-state index contributed by atoms with van der Waals surface area (Å²) in [6.07, 6.45) is 4.80. The second-order valence-corrected chi connectivity index (χ2v) is 7.53. The number of nitrogens with zero attached hydrogens (tertiary/aromatic N) is 3. The zero-order valence-electron chi connectivity index (χ0n) is 15.5. The number of hydrogen-bond donors (Lipinski definition) is 1. The van der Waals surface area contributed by atoms with Crippen LogP contribution in [0.1, 0.15) is 12.8 Å². The standard InChI is InChI=1S/C21H19FN4O2S/c22-15-3-1-4-18(13-15)26-12-10-23-21(26)29-14-19(27)24-16-6-8-17(9-7-16)25-11-2-5-20(25)28/h1,3-4,6-10,12-13H,2,5,11,14H2,(H,24,27). The maximum atomic E-state index is 13.5. The van der Waals surface area contributed by atoms with Gasteiger partial charge in [-0.3, -0.25) is 14.2 Å². The smallest absolute Gasteiger partial charge is 0.234 e. The van der Waals surface area contributed by atoms with Crippen LogP contribution >= 0.6 is 11.8 Å². The Balaban J connectivity index is 1.35. The molecule has 0 saturated carbocycles. The van der Waals surface area contributed by atoms with E-state index in [9.17, 15) is 14.0 Å². The van der Waals surface area contributed by atoms with Gasteiger partial charge in [0.25, 0.3) is 0 Å².